The average molecular weight is 333 g/mol. The van der Waals surface area contributed by atoms with E-state index in [1.54, 1.807) is 6.20 Å². The summed E-state index contributed by atoms with van der Waals surface area (Å²) in [6.07, 6.45) is 2.22. The Morgan fingerprint density at radius 2 is 2.20 bits per heavy atom. The monoisotopic (exact) mass is 332 g/mol. The Kier molecular flexibility index (Phi) is 5.11. The molecule has 0 atom stereocenters. The molecule has 0 aliphatic rings. The summed E-state index contributed by atoms with van der Waals surface area (Å²) >= 11 is 7.32. The predicted molar refractivity (Wildman–Crippen MR) is 78.4 cm³/mol. The van der Waals surface area contributed by atoms with Crippen molar-refractivity contribution >= 4 is 33.0 Å². The predicted octanol–water partition coefficient (Wildman–Crippen LogP) is 1.81. The average Bonchev–Trinajstić information content (AvgIpc) is 2.92. The summed E-state index contributed by atoms with van der Waals surface area (Å²) in [6, 6.07) is 4.24. The van der Waals surface area contributed by atoms with Gasteiger partial charge in [0, 0.05) is 29.6 Å². The minimum Gasteiger partial charge on any atom is -0.392 e. The number of nitrogens with one attached hydrogen (secondary N) is 1. The normalized spacial score (nSPS) is 11.7. The second-order valence-corrected chi connectivity index (χ2v) is 7.14. The molecule has 5 nitrogen and oxygen atoms in total. The van der Waals surface area contributed by atoms with Gasteiger partial charge in [-0.25, -0.2) is 18.1 Å². The molecule has 2 N–H and O–H groups in total. The second-order valence-electron chi connectivity index (χ2n) is 3.98. The molecule has 2 aromatic rings. The maximum Gasteiger partial charge on any atom is 0.240 e. The van der Waals surface area contributed by atoms with Gasteiger partial charge in [-0.1, -0.05) is 11.6 Å². The molecule has 1 heterocycles. The van der Waals surface area contributed by atoms with Crippen molar-refractivity contribution in [2.45, 2.75) is 17.9 Å². The van der Waals surface area contributed by atoms with Crippen LogP contribution in [0.25, 0.3) is 0 Å². The summed E-state index contributed by atoms with van der Waals surface area (Å²) in [5.74, 6) is 0. The van der Waals surface area contributed by atoms with Crippen LogP contribution in [0.4, 0.5) is 0 Å². The molecule has 2 rings (SSSR count). The van der Waals surface area contributed by atoms with Crippen LogP contribution in [-0.4, -0.2) is 25.1 Å². The molecule has 0 saturated carbocycles. The largest absolute Gasteiger partial charge is 0.392 e. The molecule has 0 amide bonds. The zero-order valence-electron chi connectivity index (χ0n) is 10.4. The van der Waals surface area contributed by atoms with Gasteiger partial charge in [-0.3, -0.25) is 0 Å². The van der Waals surface area contributed by atoms with Crippen molar-refractivity contribution in [2.24, 2.45) is 0 Å². The van der Waals surface area contributed by atoms with E-state index in [4.69, 9.17) is 16.7 Å². The van der Waals surface area contributed by atoms with E-state index in [0.717, 1.165) is 5.01 Å². The highest BCUT2D eigenvalue weighted by Gasteiger charge is 2.15. The zero-order valence-corrected chi connectivity index (χ0v) is 12.8. The minimum absolute atomic E-state index is 0.0880. The number of hydrogen-bond donors (Lipinski definition) is 2. The van der Waals surface area contributed by atoms with Crippen molar-refractivity contribution in [3.8, 4) is 0 Å². The van der Waals surface area contributed by atoms with Gasteiger partial charge >= 0.3 is 0 Å². The topological polar surface area (TPSA) is 79.3 Å². The zero-order chi connectivity index (χ0) is 14.6. The fourth-order valence-electron chi connectivity index (χ4n) is 1.59. The number of halogens is 1. The number of sulfonamides is 1. The summed E-state index contributed by atoms with van der Waals surface area (Å²) in [5, 5.41) is 12.2. The lowest BCUT2D eigenvalue weighted by Crippen LogP contribution is -2.26. The van der Waals surface area contributed by atoms with Crippen LogP contribution in [0.15, 0.2) is 34.7 Å². The van der Waals surface area contributed by atoms with E-state index in [1.165, 1.54) is 29.5 Å². The molecule has 0 fully saturated rings. The van der Waals surface area contributed by atoms with Gasteiger partial charge in [0.05, 0.1) is 16.5 Å². The molecule has 1 aromatic carbocycles. The fraction of sp³-hybridized carbons (Fsp3) is 0.250. The third kappa shape index (κ3) is 3.77. The fourth-order valence-corrected chi connectivity index (χ4v) is 3.47. The number of thiazole rings is 1. The Balaban J connectivity index is 2.06. The minimum atomic E-state index is -3.61. The van der Waals surface area contributed by atoms with Gasteiger partial charge in [0.25, 0.3) is 0 Å². The lowest BCUT2D eigenvalue weighted by molar-refractivity contribution is 0.281. The number of nitrogens with zero attached hydrogens (tertiary/aromatic N) is 1. The Morgan fingerprint density at radius 3 is 2.85 bits per heavy atom. The molecule has 0 bridgehead atoms. The number of benzene rings is 1. The molecule has 8 heteroatoms. The van der Waals surface area contributed by atoms with E-state index in [-0.39, 0.29) is 18.0 Å². The van der Waals surface area contributed by atoms with Crippen molar-refractivity contribution in [3.63, 3.8) is 0 Å². The molecule has 1 aromatic heterocycles. The SMILES string of the molecule is O=S(=O)(NCCc1nccs1)c1ccc(Cl)c(CO)c1. The lowest BCUT2D eigenvalue weighted by Gasteiger charge is -2.08. The smallest absolute Gasteiger partial charge is 0.240 e. The van der Waals surface area contributed by atoms with Crippen molar-refractivity contribution in [2.75, 3.05) is 6.54 Å². The number of aromatic nitrogens is 1. The second kappa shape index (κ2) is 6.64. The van der Waals surface area contributed by atoms with Crippen LogP contribution in [0.3, 0.4) is 0 Å². The molecule has 0 unspecified atom stereocenters. The van der Waals surface area contributed by atoms with Gasteiger partial charge in [-0.05, 0) is 23.8 Å². The molecular weight excluding hydrogens is 320 g/mol. The highest BCUT2D eigenvalue weighted by molar-refractivity contribution is 7.89. The van der Waals surface area contributed by atoms with E-state index in [1.807, 2.05) is 5.38 Å². The number of aliphatic hydroxyl groups is 1. The number of rotatable bonds is 6. The van der Waals surface area contributed by atoms with Crippen molar-refractivity contribution < 1.29 is 13.5 Å². The molecule has 0 spiro atoms. The highest BCUT2D eigenvalue weighted by Crippen LogP contribution is 2.20. The maximum absolute atomic E-state index is 12.1. The van der Waals surface area contributed by atoms with Crippen LogP contribution in [0.5, 0.6) is 0 Å². The van der Waals surface area contributed by atoms with Crippen LogP contribution in [-0.2, 0) is 23.1 Å². The Morgan fingerprint density at radius 1 is 1.40 bits per heavy atom. The molecule has 0 saturated heterocycles. The van der Waals surface area contributed by atoms with E-state index in [0.29, 0.717) is 17.0 Å². The van der Waals surface area contributed by atoms with Crippen molar-refractivity contribution in [3.05, 3.63) is 45.4 Å². The van der Waals surface area contributed by atoms with E-state index < -0.39 is 10.0 Å². The number of aliphatic hydroxyl groups excluding tert-OH is 1. The summed E-state index contributed by atoms with van der Waals surface area (Å²) < 4.78 is 26.7. The summed E-state index contributed by atoms with van der Waals surface area (Å²) in [7, 11) is -3.61. The molecule has 108 valence electrons. The standard InChI is InChI=1S/C12H13ClN2O3S2/c13-11-2-1-10(7-9(11)8-16)20(17,18)15-4-3-12-14-5-6-19-12/h1-2,5-7,15-16H,3-4,8H2. The number of hydrogen-bond acceptors (Lipinski definition) is 5. The van der Waals surface area contributed by atoms with Crippen LogP contribution in [0.2, 0.25) is 5.02 Å². The van der Waals surface area contributed by atoms with Gasteiger partial charge in [0.2, 0.25) is 10.0 Å². The first-order valence-electron chi connectivity index (χ1n) is 5.80. The van der Waals surface area contributed by atoms with E-state index in [2.05, 4.69) is 9.71 Å². The quantitative estimate of drug-likeness (QED) is 0.845. The van der Waals surface area contributed by atoms with Crippen molar-refractivity contribution in [1.29, 1.82) is 0 Å². The Bertz CT molecular complexity index is 672. The third-order valence-corrected chi connectivity index (χ3v) is 5.28. The van der Waals surface area contributed by atoms with Gasteiger partial charge in [-0.15, -0.1) is 11.3 Å². The Labute approximate surface area is 126 Å². The molecule has 20 heavy (non-hydrogen) atoms. The van der Waals surface area contributed by atoms with Crippen LogP contribution in [0, 0.1) is 0 Å². The lowest BCUT2D eigenvalue weighted by atomic mass is 10.2. The summed E-state index contributed by atoms with van der Waals surface area (Å²) in [4.78, 5) is 4.17. The van der Waals surface area contributed by atoms with Gasteiger partial charge in [0.1, 0.15) is 0 Å². The van der Waals surface area contributed by atoms with E-state index >= 15 is 0 Å². The van der Waals surface area contributed by atoms with Gasteiger partial charge < -0.3 is 5.11 Å². The van der Waals surface area contributed by atoms with Crippen LogP contribution >= 0.6 is 22.9 Å². The summed E-state index contributed by atoms with van der Waals surface area (Å²) in [5.41, 5.74) is 0.384. The third-order valence-electron chi connectivity index (χ3n) is 2.61. The molecule has 0 aliphatic carbocycles. The maximum atomic E-state index is 12.1. The van der Waals surface area contributed by atoms with Gasteiger partial charge in [0.15, 0.2) is 0 Å². The first kappa shape index (κ1) is 15.4. The highest BCUT2D eigenvalue weighted by atomic mass is 35.5. The summed E-state index contributed by atoms with van der Waals surface area (Å²) in [6.45, 7) is -0.0335. The van der Waals surface area contributed by atoms with Crippen molar-refractivity contribution in [1.82, 2.24) is 9.71 Å². The first-order chi connectivity index (χ1) is 9.53. The first-order valence-corrected chi connectivity index (χ1v) is 8.54. The van der Waals surface area contributed by atoms with Crippen LogP contribution < -0.4 is 4.72 Å². The van der Waals surface area contributed by atoms with Gasteiger partial charge in [-0.2, -0.15) is 0 Å². The molecular formula is C12H13ClN2O3S2. The Hall–Kier alpha value is -0.990. The molecule has 0 aliphatic heterocycles. The van der Waals surface area contributed by atoms with E-state index in [9.17, 15) is 8.42 Å². The molecule has 0 radical (unpaired) electrons. The van der Waals surface area contributed by atoms with Crippen LogP contribution in [0.1, 0.15) is 10.6 Å².